The van der Waals surface area contributed by atoms with Gasteiger partial charge in [0, 0.05) is 24.0 Å². The molecule has 3 aromatic rings. The van der Waals surface area contributed by atoms with Gasteiger partial charge in [-0.2, -0.15) is 5.10 Å². The lowest BCUT2D eigenvalue weighted by atomic mass is 10.2. The van der Waals surface area contributed by atoms with Crippen LogP contribution in [0.3, 0.4) is 0 Å². The number of fused-ring (bicyclic) bond motifs is 1. The number of rotatable bonds is 4. The van der Waals surface area contributed by atoms with E-state index < -0.39 is 16.2 Å². The molecule has 9 heteroatoms. The summed E-state index contributed by atoms with van der Waals surface area (Å²) in [5, 5.41) is 21.1. The Kier molecular flexibility index (Phi) is 3.53. The average Bonchev–Trinajstić information content (AvgIpc) is 2.83. The quantitative estimate of drug-likeness (QED) is 0.557. The van der Waals surface area contributed by atoms with Crippen LogP contribution < -0.4 is 10.9 Å². The maximum atomic E-state index is 12.3. The van der Waals surface area contributed by atoms with Crippen LogP contribution in [0.1, 0.15) is 17.0 Å². The molecule has 9 nitrogen and oxygen atoms in total. The molecule has 0 aromatic carbocycles. The van der Waals surface area contributed by atoms with Gasteiger partial charge in [0.25, 0.3) is 0 Å². The monoisotopic (exact) mass is 314 g/mol. The number of nitrogens with one attached hydrogen (secondary N) is 2. The smallest absolute Gasteiger partial charge is 0.360 e. The van der Waals surface area contributed by atoms with Gasteiger partial charge in [-0.3, -0.25) is 24.4 Å². The number of hydrogen-bond acceptors (Lipinski definition) is 6. The highest BCUT2D eigenvalue weighted by Crippen LogP contribution is 2.20. The summed E-state index contributed by atoms with van der Waals surface area (Å²) in [5.41, 5.74) is 1.57. The number of anilines is 1. The van der Waals surface area contributed by atoms with Crippen LogP contribution in [0.15, 0.2) is 29.2 Å². The van der Waals surface area contributed by atoms with E-state index in [1.54, 1.807) is 18.2 Å². The zero-order valence-electron chi connectivity index (χ0n) is 12.5. The fourth-order valence-electron chi connectivity index (χ4n) is 2.37. The van der Waals surface area contributed by atoms with Gasteiger partial charge in [-0.25, -0.2) is 4.98 Å². The number of pyridine rings is 1. The highest BCUT2D eigenvalue weighted by atomic mass is 16.6. The molecular weight excluding hydrogens is 300 g/mol. The fourth-order valence-corrected chi connectivity index (χ4v) is 2.37. The second kappa shape index (κ2) is 5.52. The van der Waals surface area contributed by atoms with Crippen LogP contribution in [0.25, 0.3) is 5.65 Å². The first-order chi connectivity index (χ1) is 11.0. The van der Waals surface area contributed by atoms with Crippen LogP contribution in [0, 0.1) is 24.0 Å². The minimum absolute atomic E-state index is 0.0498. The third-order valence-corrected chi connectivity index (χ3v) is 3.61. The topological polar surface area (TPSA) is 118 Å². The highest BCUT2D eigenvalue weighted by molar-refractivity contribution is 5.60. The van der Waals surface area contributed by atoms with Crippen molar-refractivity contribution >= 4 is 17.2 Å². The molecule has 3 aromatic heterocycles. The van der Waals surface area contributed by atoms with Gasteiger partial charge in [0.2, 0.25) is 5.82 Å². The van der Waals surface area contributed by atoms with Gasteiger partial charge < -0.3 is 5.32 Å². The summed E-state index contributed by atoms with van der Waals surface area (Å²) < 4.78 is 1.15. The predicted octanol–water partition coefficient (Wildman–Crippen LogP) is 1.55. The van der Waals surface area contributed by atoms with E-state index in [4.69, 9.17) is 0 Å². The van der Waals surface area contributed by atoms with E-state index in [-0.39, 0.29) is 12.4 Å². The molecule has 0 radical (unpaired) electrons. The summed E-state index contributed by atoms with van der Waals surface area (Å²) in [4.78, 5) is 27.1. The van der Waals surface area contributed by atoms with Crippen molar-refractivity contribution in [2.24, 2.45) is 0 Å². The van der Waals surface area contributed by atoms with Gasteiger partial charge in [0.15, 0.2) is 0 Å². The molecule has 0 aliphatic heterocycles. The average molecular weight is 314 g/mol. The van der Waals surface area contributed by atoms with Crippen molar-refractivity contribution in [1.82, 2.24) is 19.6 Å². The van der Waals surface area contributed by atoms with Crippen molar-refractivity contribution in [3.05, 3.63) is 61.8 Å². The molecule has 0 aliphatic carbocycles. The zero-order chi connectivity index (χ0) is 16.6. The van der Waals surface area contributed by atoms with E-state index in [0.717, 1.165) is 21.4 Å². The maximum Gasteiger partial charge on any atom is 0.376 e. The molecular formula is C14H14N6O3. The van der Waals surface area contributed by atoms with Crippen molar-refractivity contribution in [1.29, 1.82) is 0 Å². The van der Waals surface area contributed by atoms with E-state index in [2.05, 4.69) is 20.5 Å². The van der Waals surface area contributed by atoms with Gasteiger partial charge in [0.05, 0.1) is 10.6 Å². The van der Waals surface area contributed by atoms with E-state index >= 15 is 0 Å². The number of H-pyrrole nitrogens is 1. The minimum atomic E-state index is -0.719. The normalized spacial score (nSPS) is 10.9. The van der Waals surface area contributed by atoms with Gasteiger partial charge in [-0.1, -0.05) is 6.07 Å². The number of aromatic nitrogens is 4. The fraction of sp³-hybridized carbons (Fsp3) is 0.214. The maximum absolute atomic E-state index is 12.3. The Morgan fingerprint density at radius 2 is 2.17 bits per heavy atom. The Bertz CT molecular complexity index is 939. The molecule has 2 N–H and O–H groups in total. The molecule has 0 saturated carbocycles. The van der Waals surface area contributed by atoms with Gasteiger partial charge >= 0.3 is 11.2 Å². The summed E-state index contributed by atoms with van der Waals surface area (Å²) in [7, 11) is 0. The lowest BCUT2D eigenvalue weighted by Gasteiger charge is -2.08. The van der Waals surface area contributed by atoms with Gasteiger partial charge in [-0.05, 0) is 26.0 Å². The van der Waals surface area contributed by atoms with Crippen LogP contribution in [-0.4, -0.2) is 24.5 Å². The number of nitro groups is 1. The highest BCUT2D eigenvalue weighted by Gasteiger charge is 2.23. The first-order valence-corrected chi connectivity index (χ1v) is 6.89. The number of aryl methyl sites for hydroxylation is 2. The molecule has 0 spiro atoms. The Balaban J connectivity index is 2.07. The van der Waals surface area contributed by atoms with E-state index in [1.165, 1.54) is 6.20 Å². The number of nitrogens with zero attached hydrogens (tertiary/aromatic N) is 4. The zero-order valence-corrected chi connectivity index (χ0v) is 12.5. The van der Waals surface area contributed by atoms with Crippen LogP contribution in [0.4, 0.5) is 11.5 Å². The molecule has 3 rings (SSSR count). The minimum Gasteiger partial charge on any atom is -0.360 e. The molecule has 3 heterocycles. The molecule has 0 atom stereocenters. The molecule has 0 unspecified atom stereocenters. The van der Waals surface area contributed by atoms with Crippen LogP contribution >= 0.6 is 0 Å². The molecule has 118 valence electrons. The van der Waals surface area contributed by atoms with Crippen molar-refractivity contribution in [2.75, 3.05) is 5.32 Å². The van der Waals surface area contributed by atoms with Crippen molar-refractivity contribution in [2.45, 2.75) is 20.4 Å². The Labute approximate surface area is 130 Å². The molecule has 0 aliphatic rings. The summed E-state index contributed by atoms with van der Waals surface area (Å²) >= 11 is 0. The summed E-state index contributed by atoms with van der Waals surface area (Å²) in [6.45, 7) is 3.97. The lowest BCUT2D eigenvalue weighted by molar-refractivity contribution is -0.385. The molecule has 23 heavy (non-hydrogen) atoms. The molecule has 0 bridgehead atoms. The first-order valence-electron chi connectivity index (χ1n) is 6.89. The Hall–Kier alpha value is -3.23. The number of aromatic amines is 1. The molecule has 0 amide bonds. The van der Waals surface area contributed by atoms with Gasteiger partial charge in [0.1, 0.15) is 5.65 Å². The summed E-state index contributed by atoms with van der Waals surface area (Å²) in [6, 6.07) is 4.94. The Morgan fingerprint density at radius 3 is 2.83 bits per heavy atom. The first kappa shape index (κ1) is 14.7. The summed E-state index contributed by atoms with van der Waals surface area (Å²) in [5.74, 6) is -0.0498. The summed E-state index contributed by atoms with van der Waals surface area (Å²) in [6.07, 6.45) is 1.45. The number of hydrogen-bond donors (Lipinski definition) is 2. The van der Waals surface area contributed by atoms with Crippen LogP contribution in [-0.2, 0) is 6.54 Å². The molecule has 0 saturated heterocycles. The second-order valence-corrected chi connectivity index (χ2v) is 5.07. The van der Waals surface area contributed by atoms with E-state index in [1.807, 2.05) is 13.8 Å². The standard InChI is InChI=1S/C14H14N6O3/c1-8-10(9(2)18-17-8)7-15-13-12(20(22)23)14(21)19-6-4-3-5-11(19)16-13/h3-6,15H,7H2,1-2H3,(H,17,18). The van der Waals surface area contributed by atoms with Crippen molar-refractivity contribution in [3.8, 4) is 0 Å². The Morgan fingerprint density at radius 1 is 1.39 bits per heavy atom. The third kappa shape index (κ3) is 2.52. The third-order valence-electron chi connectivity index (χ3n) is 3.61. The van der Waals surface area contributed by atoms with Crippen molar-refractivity contribution in [3.63, 3.8) is 0 Å². The largest absolute Gasteiger partial charge is 0.376 e. The van der Waals surface area contributed by atoms with E-state index in [9.17, 15) is 14.9 Å². The lowest BCUT2D eigenvalue weighted by Crippen LogP contribution is -2.21. The van der Waals surface area contributed by atoms with Crippen molar-refractivity contribution < 1.29 is 4.92 Å². The molecule has 0 fully saturated rings. The SMILES string of the molecule is Cc1n[nH]c(C)c1CNc1nc2ccccn2c(=O)c1[N+](=O)[O-]. The van der Waals surface area contributed by atoms with Crippen LogP contribution in [0.5, 0.6) is 0 Å². The van der Waals surface area contributed by atoms with Gasteiger partial charge in [-0.15, -0.1) is 0 Å². The predicted molar refractivity (Wildman–Crippen MR) is 83.5 cm³/mol. The van der Waals surface area contributed by atoms with E-state index in [0.29, 0.717) is 5.65 Å². The van der Waals surface area contributed by atoms with Crippen LogP contribution in [0.2, 0.25) is 0 Å². The second-order valence-electron chi connectivity index (χ2n) is 5.07.